The van der Waals surface area contributed by atoms with Crippen LogP contribution in [-0.4, -0.2) is 12.2 Å². The number of hydrogen-bond acceptors (Lipinski definition) is 2. The molecule has 1 N–H and O–H groups in total. The number of hydrogen-bond donors (Lipinski definition) is 1. The molecule has 1 atom stereocenters. The highest BCUT2D eigenvalue weighted by atomic mass is 19.1. The summed E-state index contributed by atoms with van der Waals surface area (Å²) >= 11 is 0. The fraction of sp³-hybridized carbons (Fsp3) is 0.250. The predicted octanol–water partition coefficient (Wildman–Crippen LogP) is 3.53. The molecule has 0 saturated heterocycles. The Hall–Kier alpha value is -1.87. The molecule has 0 bridgehead atoms. The second kappa shape index (κ2) is 5.41. The smallest absolute Gasteiger partial charge is 0.165 e. The van der Waals surface area contributed by atoms with E-state index >= 15 is 0 Å². The van der Waals surface area contributed by atoms with E-state index in [-0.39, 0.29) is 5.75 Å². The molecule has 0 heterocycles. The van der Waals surface area contributed by atoms with E-state index in [9.17, 15) is 9.50 Å². The maximum atomic E-state index is 13.4. The molecule has 2 rings (SSSR count). The molecule has 0 fully saturated rings. The molecule has 19 heavy (non-hydrogen) atoms. The molecular weight excluding hydrogens is 243 g/mol. The molecule has 2 aromatic carbocycles. The van der Waals surface area contributed by atoms with Crippen LogP contribution in [0.4, 0.5) is 4.39 Å². The lowest BCUT2D eigenvalue weighted by molar-refractivity contribution is 0.218. The summed E-state index contributed by atoms with van der Waals surface area (Å²) in [6, 6.07) is 10.3. The van der Waals surface area contributed by atoms with E-state index in [1.807, 2.05) is 32.0 Å². The second-order valence-corrected chi connectivity index (χ2v) is 4.66. The molecule has 0 aliphatic heterocycles. The highest BCUT2D eigenvalue weighted by Gasteiger charge is 2.15. The van der Waals surface area contributed by atoms with Crippen LogP contribution in [0.5, 0.6) is 5.75 Å². The summed E-state index contributed by atoms with van der Waals surface area (Å²) in [4.78, 5) is 0. The summed E-state index contributed by atoms with van der Waals surface area (Å²) < 4.78 is 18.3. The standard InChI is InChI=1S/C16H17FO2/c1-10-4-5-11(2)13(8-10)16(18)12-6-7-14(17)15(9-12)19-3/h4-9,16,18H,1-3H3. The molecule has 0 aromatic heterocycles. The molecule has 0 radical (unpaired) electrons. The maximum absolute atomic E-state index is 13.4. The van der Waals surface area contributed by atoms with Gasteiger partial charge in [-0.3, -0.25) is 0 Å². The van der Waals surface area contributed by atoms with Crippen LogP contribution >= 0.6 is 0 Å². The van der Waals surface area contributed by atoms with Gasteiger partial charge in [0.15, 0.2) is 11.6 Å². The van der Waals surface area contributed by atoms with E-state index in [1.165, 1.54) is 19.2 Å². The van der Waals surface area contributed by atoms with Crippen molar-refractivity contribution < 1.29 is 14.2 Å². The largest absolute Gasteiger partial charge is 0.494 e. The van der Waals surface area contributed by atoms with Gasteiger partial charge in [-0.05, 0) is 42.7 Å². The van der Waals surface area contributed by atoms with E-state index in [2.05, 4.69) is 0 Å². The third kappa shape index (κ3) is 2.76. The number of benzene rings is 2. The van der Waals surface area contributed by atoms with Gasteiger partial charge in [0, 0.05) is 0 Å². The third-order valence-electron chi connectivity index (χ3n) is 3.22. The van der Waals surface area contributed by atoms with Gasteiger partial charge in [-0.2, -0.15) is 0 Å². The molecule has 2 nitrogen and oxygen atoms in total. The summed E-state index contributed by atoms with van der Waals surface area (Å²) in [6.07, 6.45) is -0.783. The van der Waals surface area contributed by atoms with Crippen LogP contribution in [0.25, 0.3) is 0 Å². The number of aliphatic hydroxyl groups is 1. The van der Waals surface area contributed by atoms with Gasteiger partial charge in [0.2, 0.25) is 0 Å². The Morgan fingerprint density at radius 3 is 2.53 bits per heavy atom. The zero-order valence-electron chi connectivity index (χ0n) is 11.3. The zero-order chi connectivity index (χ0) is 14.0. The summed E-state index contributed by atoms with van der Waals surface area (Å²) in [7, 11) is 1.41. The first-order valence-electron chi connectivity index (χ1n) is 6.11. The fourth-order valence-corrected chi connectivity index (χ4v) is 2.08. The molecule has 0 saturated carbocycles. The molecule has 100 valence electrons. The predicted molar refractivity (Wildman–Crippen MR) is 72.9 cm³/mol. The van der Waals surface area contributed by atoms with Crippen LogP contribution in [0.2, 0.25) is 0 Å². The van der Waals surface area contributed by atoms with Crippen molar-refractivity contribution in [3.8, 4) is 5.75 Å². The van der Waals surface area contributed by atoms with Gasteiger partial charge in [0.25, 0.3) is 0 Å². The van der Waals surface area contributed by atoms with Crippen LogP contribution in [0, 0.1) is 19.7 Å². The van der Waals surface area contributed by atoms with E-state index < -0.39 is 11.9 Å². The summed E-state index contributed by atoms with van der Waals surface area (Å²) in [6.45, 7) is 3.92. The van der Waals surface area contributed by atoms with Crippen LogP contribution in [0.3, 0.4) is 0 Å². The van der Waals surface area contributed by atoms with E-state index in [0.29, 0.717) is 5.56 Å². The minimum Gasteiger partial charge on any atom is -0.494 e. The lowest BCUT2D eigenvalue weighted by atomic mass is 9.96. The van der Waals surface area contributed by atoms with Gasteiger partial charge in [-0.25, -0.2) is 4.39 Å². The third-order valence-corrected chi connectivity index (χ3v) is 3.22. The molecule has 3 heteroatoms. The molecule has 2 aromatic rings. The van der Waals surface area contributed by atoms with Crippen molar-refractivity contribution in [1.29, 1.82) is 0 Å². The Kier molecular flexibility index (Phi) is 3.86. The first-order chi connectivity index (χ1) is 9.02. The van der Waals surface area contributed by atoms with Gasteiger partial charge < -0.3 is 9.84 Å². The molecule has 0 aliphatic rings. The fourth-order valence-electron chi connectivity index (χ4n) is 2.08. The average Bonchev–Trinajstić information content (AvgIpc) is 2.41. The molecule has 0 spiro atoms. The highest BCUT2D eigenvalue weighted by molar-refractivity contribution is 5.40. The molecule has 0 aliphatic carbocycles. The first kappa shape index (κ1) is 13.6. The second-order valence-electron chi connectivity index (χ2n) is 4.66. The number of rotatable bonds is 3. The topological polar surface area (TPSA) is 29.5 Å². The van der Waals surface area contributed by atoms with E-state index in [1.54, 1.807) is 6.07 Å². The number of methoxy groups -OCH3 is 1. The Labute approximate surface area is 112 Å². The van der Waals surface area contributed by atoms with Crippen LogP contribution in [-0.2, 0) is 0 Å². The molecule has 0 amide bonds. The Morgan fingerprint density at radius 2 is 1.84 bits per heavy atom. The lowest BCUT2D eigenvalue weighted by Gasteiger charge is -2.16. The SMILES string of the molecule is COc1cc(C(O)c2cc(C)ccc2C)ccc1F. The van der Waals surface area contributed by atoms with Crippen LogP contribution < -0.4 is 4.74 Å². The van der Waals surface area contributed by atoms with Crippen LogP contribution in [0.1, 0.15) is 28.4 Å². The summed E-state index contributed by atoms with van der Waals surface area (Å²) in [5.41, 5.74) is 3.52. The van der Waals surface area contributed by atoms with Gasteiger partial charge >= 0.3 is 0 Å². The Balaban J connectivity index is 2.43. The number of aliphatic hydroxyl groups excluding tert-OH is 1. The normalized spacial score (nSPS) is 12.3. The van der Waals surface area contributed by atoms with Crippen molar-refractivity contribution in [1.82, 2.24) is 0 Å². The van der Waals surface area contributed by atoms with Crippen molar-refractivity contribution in [3.63, 3.8) is 0 Å². The quantitative estimate of drug-likeness (QED) is 0.914. The first-order valence-corrected chi connectivity index (χ1v) is 6.11. The molecular formula is C16H17FO2. The number of ether oxygens (including phenoxy) is 1. The highest BCUT2D eigenvalue weighted by Crippen LogP contribution is 2.29. The van der Waals surface area contributed by atoms with Crippen LogP contribution in [0.15, 0.2) is 36.4 Å². The van der Waals surface area contributed by atoms with Gasteiger partial charge in [-0.1, -0.05) is 29.8 Å². The van der Waals surface area contributed by atoms with Crippen molar-refractivity contribution in [2.24, 2.45) is 0 Å². The average molecular weight is 260 g/mol. The monoisotopic (exact) mass is 260 g/mol. The minimum atomic E-state index is -0.783. The van der Waals surface area contributed by atoms with Crippen molar-refractivity contribution >= 4 is 0 Å². The molecule has 1 unspecified atom stereocenters. The lowest BCUT2D eigenvalue weighted by Crippen LogP contribution is -2.03. The van der Waals surface area contributed by atoms with Gasteiger partial charge in [0.1, 0.15) is 6.10 Å². The number of halogens is 1. The van der Waals surface area contributed by atoms with Crippen molar-refractivity contribution in [3.05, 3.63) is 64.5 Å². The Bertz CT molecular complexity index is 593. The van der Waals surface area contributed by atoms with Crippen molar-refractivity contribution in [2.45, 2.75) is 20.0 Å². The summed E-state index contributed by atoms with van der Waals surface area (Å²) in [5.74, 6) is -0.290. The van der Waals surface area contributed by atoms with E-state index in [0.717, 1.165) is 16.7 Å². The van der Waals surface area contributed by atoms with Crippen molar-refractivity contribution in [2.75, 3.05) is 7.11 Å². The maximum Gasteiger partial charge on any atom is 0.165 e. The van der Waals surface area contributed by atoms with Gasteiger partial charge in [-0.15, -0.1) is 0 Å². The zero-order valence-corrected chi connectivity index (χ0v) is 11.3. The van der Waals surface area contributed by atoms with E-state index in [4.69, 9.17) is 4.74 Å². The van der Waals surface area contributed by atoms with Gasteiger partial charge in [0.05, 0.1) is 7.11 Å². The summed E-state index contributed by atoms with van der Waals surface area (Å²) in [5, 5.41) is 10.4. The Morgan fingerprint density at radius 1 is 1.11 bits per heavy atom. The number of aryl methyl sites for hydroxylation is 2. The minimum absolute atomic E-state index is 0.141.